The molecule has 5 nitrogen and oxygen atoms in total. The number of aromatic nitrogens is 3. The zero-order valence-electron chi connectivity index (χ0n) is 13.1. The zero-order chi connectivity index (χ0) is 16.1. The molecule has 2 rings (SSSR count). The minimum absolute atomic E-state index is 0.108. The normalized spacial score (nSPS) is 12.2. The van der Waals surface area contributed by atoms with Gasteiger partial charge in [0.1, 0.15) is 11.6 Å². The van der Waals surface area contributed by atoms with Gasteiger partial charge in [0.05, 0.1) is 0 Å². The molecule has 1 atom stereocenters. The Kier molecular flexibility index (Phi) is 5.25. The highest BCUT2D eigenvalue weighted by Crippen LogP contribution is 2.14. The summed E-state index contributed by atoms with van der Waals surface area (Å²) in [6.45, 7) is 3.95. The summed E-state index contributed by atoms with van der Waals surface area (Å²) in [4.78, 5) is 16.3. The first-order valence-corrected chi connectivity index (χ1v) is 7.42. The molecule has 0 radical (unpaired) electrons. The second kappa shape index (κ2) is 7.15. The van der Waals surface area contributed by atoms with Crippen molar-refractivity contribution >= 4 is 11.9 Å². The van der Waals surface area contributed by atoms with Crippen LogP contribution in [-0.2, 0) is 24.7 Å². The Bertz CT molecular complexity index is 653. The number of nitrogens with one attached hydrogen (secondary N) is 1. The van der Waals surface area contributed by atoms with Crippen LogP contribution >= 0.6 is 0 Å². The number of aryl methyl sites for hydroxylation is 2. The first-order valence-electron chi connectivity index (χ1n) is 7.42. The Morgan fingerprint density at radius 1 is 1.45 bits per heavy atom. The molecule has 22 heavy (non-hydrogen) atoms. The molecule has 118 valence electrons. The van der Waals surface area contributed by atoms with Crippen LogP contribution in [0.2, 0.25) is 0 Å². The smallest absolute Gasteiger partial charge is 0.248 e. The van der Waals surface area contributed by atoms with Crippen molar-refractivity contribution in [3.05, 3.63) is 41.5 Å². The van der Waals surface area contributed by atoms with Crippen LogP contribution in [0.4, 0.5) is 10.3 Å². The lowest BCUT2D eigenvalue weighted by Gasteiger charge is -2.10. The molecule has 2 aromatic rings. The van der Waals surface area contributed by atoms with Crippen LogP contribution in [0.15, 0.2) is 24.3 Å². The first-order chi connectivity index (χ1) is 10.5. The first kappa shape index (κ1) is 16.1. The van der Waals surface area contributed by atoms with Gasteiger partial charge in [0.25, 0.3) is 0 Å². The number of halogens is 1. The van der Waals surface area contributed by atoms with E-state index in [2.05, 4.69) is 15.4 Å². The lowest BCUT2D eigenvalue weighted by atomic mass is 9.98. The predicted octanol–water partition coefficient (Wildman–Crippen LogP) is 2.72. The minimum atomic E-state index is -0.251. The van der Waals surface area contributed by atoms with Crippen molar-refractivity contribution in [2.45, 2.75) is 33.1 Å². The molecule has 0 aliphatic carbocycles. The van der Waals surface area contributed by atoms with E-state index in [1.165, 1.54) is 12.1 Å². The Labute approximate surface area is 129 Å². The summed E-state index contributed by atoms with van der Waals surface area (Å²) in [6.07, 6.45) is 1.76. The molecule has 1 N–H and O–H groups in total. The number of anilines is 1. The van der Waals surface area contributed by atoms with Gasteiger partial charge in [0.15, 0.2) is 0 Å². The summed E-state index contributed by atoms with van der Waals surface area (Å²) in [5.74, 6) is 0.887. The van der Waals surface area contributed by atoms with Crippen LogP contribution < -0.4 is 5.32 Å². The maximum atomic E-state index is 13.1. The molecule has 0 saturated heterocycles. The van der Waals surface area contributed by atoms with Crippen LogP contribution in [0.3, 0.4) is 0 Å². The summed E-state index contributed by atoms with van der Waals surface area (Å²) < 4.78 is 14.8. The van der Waals surface area contributed by atoms with Gasteiger partial charge in [0.2, 0.25) is 11.9 Å². The van der Waals surface area contributed by atoms with Crippen molar-refractivity contribution < 1.29 is 9.18 Å². The highest BCUT2D eigenvalue weighted by Gasteiger charge is 2.13. The lowest BCUT2D eigenvalue weighted by molar-refractivity contribution is -0.117. The Morgan fingerprint density at radius 2 is 2.23 bits per heavy atom. The Morgan fingerprint density at radius 3 is 2.86 bits per heavy atom. The van der Waals surface area contributed by atoms with Gasteiger partial charge in [-0.1, -0.05) is 26.0 Å². The van der Waals surface area contributed by atoms with Crippen LogP contribution in [-0.4, -0.2) is 20.7 Å². The van der Waals surface area contributed by atoms with Crippen LogP contribution in [0.5, 0.6) is 0 Å². The molecule has 0 fully saturated rings. The quantitative estimate of drug-likeness (QED) is 0.892. The molecule has 0 bridgehead atoms. The summed E-state index contributed by atoms with van der Waals surface area (Å²) in [7, 11) is 1.80. The summed E-state index contributed by atoms with van der Waals surface area (Å²) in [5.41, 5.74) is 0.893. The molecule has 0 saturated carbocycles. The van der Waals surface area contributed by atoms with Gasteiger partial charge in [-0.15, -0.1) is 5.10 Å². The van der Waals surface area contributed by atoms with Gasteiger partial charge < -0.3 is 0 Å². The van der Waals surface area contributed by atoms with E-state index in [0.717, 1.165) is 17.8 Å². The summed E-state index contributed by atoms with van der Waals surface area (Å²) >= 11 is 0. The lowest BCUT2D eigenvalue weighted by Crippen LogP contribution is -2.17. The van der Waals surface area contributed by atoms with E-state index in [4.69, 9.17) is 0 Å². The molecule has 1 heterocycles. The van der Waals surface area contributed by atoms with E-state index < -0.39 is 0 Å². The second-order valence-electron chi connectivity index (χ2n) is 5.52. The SMILES string of the molecule is CCc1nc(NC(=O)CC(C)Cc2cccc(F)c2)nn1C. The minimum Gasteiger partial charge on any atom is -0.293 e. The largest absolute Gasteiger partial charge is 0.293 e. The second-order valence-corrected chi connectivity index (χ2v) is 5.52. The van der Waals surface area contributed by atoms with E-state index >= 15 is 0 Å². The average molecular weight is 304 g/mol. The molecule has 0 spiro atoms. The van der Waals surface area contributed by atoms with E-state index in [-0.39, 0.29) is 17.6 Å². The third kappa shape index (κ3) is 4.38. The van der Waals surface area contributed by atoms with E-state index in [9.17, 15) is 9.18 Å². The molecule has 1 aromatic carbocycles. The van der Waals surface area contributed by atoms with Crippen LogP contribution in [0.1, 0.15) is 31.7 Å². The van der Waals surface area contributed by atoms with E-state index in [1.807, 2.05) is 19.9 Å². The maximum absolute atomic E-state index is 13.1. The van der Waals surface area contributed by atoms with Gasteiger partial charge >= 0.3 is 0 Å². The van der Waals surface area contributed by atoms with Gasteiger partial charge in [0, 0.05) is 19.9 Å². The molecule has 1 unspecified atom stereocenters. The number of hydrogen-bond donors (Lipinski definition) is 1. The van der Waals surface area contributed by atoms with Crippen molar-refractivity contribution in [2.75, 3.05) is 5.32 Å². The van der Waals surface area contributed by atoms with E-state index in [0.29, 0.717) is 18.8 Å². The Balaban J connectivity index is 1.88. The third-order valence-electron chi connectivity index (χ3n) is 3.43. The molecule has 6 heteroatoms. The third-order valence-corrected chi connectivity index (χ3v) is 3.43. The highest BCUT2D eigenvalue weighted by molar-refractivity contribution is 5.89. The predicted molar refractivity (Wildman–Crippen MR) is 82.9 cm³/mol. The standard InChI is InChI=1S/C16H21FN4O/c1-4-14-18-16(20-21(14)3)19-15(22)9-11(2)8-12-6-5-7-13(17)10-12/h5-7,10-11H,4,8-9H2,1-3H3,(H,19,20,22). The topological polar surface area (TPSA) is 59.8 Å². The van der Waals surface area contributed by atoms with Gasteiger partial charge in [-0.2, -0.15) is 4.98 Å². The van der Waals surface area contributed by atoms with Gasteiger partial charge in [-0.3, -0.25) is 14.8 Å². The van der Waals surface area contributed by atoms with Gasteiger partial charge in [-0.05, 0) is 30.0 Å². The number of carbonyl (C=O) groups excluding carboxylic acids is 1. The fraction of sp³-hybridized carbons (Fsp3) is 0.438. The van der Waals surface area contributed by atoms with Crippen LogP contribution in [0.25, 0.3) is 0 Å². The molecule has 1 aromatic heterocycles. The van der Waals surface area contributed by atoms with Crippen molar-refractivity contribution in [1.29, 1.82) is 0 Å². The van der Waals surface area contributed by atoms with E-state index in [1.54, 1.807) is 17.8 Å². The number of hydrogen-bond acceptors (Lipinski definition) is 3. The van der Waals surface area contributed by atoms with Crippen molar-refractivity contribution in [3.63, 3.8) is 0 Å². The fourth-order valence-corrected chi connectivity index (χ4v) is 2.41. The highest BCUT2D eigenvalue weighted by atomic mass is 19.1. The average Bonchev–Trinajstić information content (AvgIpc) is 2.78. The number of benzene rings is 1. The molecular formula is C16H21FN4O. The van der Waals surface area contributed by atoms with Crippen molar-refractivity contribution in [3.8, 4) is 0 Å². The zero-order valence-corrected chi connectivity index (χ0v) is 13.1. The van der Waals surface area contributed by atoms with Crippen molar-refractivity contribution in [2.24, 2.45) is 13.0 Å². The fourth-order valence-electron chi connectivity index (χ4n) is 2.41. The summed E-state index contributed by atoms with van der Waals surface area (Å²) in [6, 6.07) is 6.47. The number of carbonyl (C=O) groups is 1. The molecule has 0 aliphatic rings. The molecule has 1 amide bonds. The maximum Gasteiger partial charge on any atom is 0.248 e. The monoisotopic (exact) mass is 304 g/mol. The summed E-state index contributed by atoms with van der Waals surface area (Å²) in [5, 5.41) is 6.86. The molecule has 0 aliphatic heterocycles. The molecular weight excluding hydrogens is 283 g/mol. The number of amides is 1. The van der Waals surface area contributed by atoms with Crippen molar-refractivity contribution in [1.82, 2.24) is 14.8 Å². The number of rotatable bonds is 6. The van der Waals surface area contributed by atoms with Gasteiger partial charge in [-0.25, -0.2) is 4.39 Å². The Hall–Kier alpha value is -2.24. The number of nitrogens with zero attached hydrogens (tertiary/aromatic N) is 3. The van der Waals surface area contributed by atoms with Crippen LogP contribution in [0, 0.1) is 11.7 Å².